The van der Waals surface area contributed by atoms with Gasteiger partial charge in [0.05, 0.1) is 11.8 Å². The second-order valence-electron chi connectivity index (χ2n) is 4.35. The normalized spacial score (nSPS) is 12.2. The minimum atomic E-state index is -0.102. The molecule has 1 heterocycles. The zero-order valence-electron chi connectivity index (χ0n) is 11.2. The number of hydrogen-bond donors (Lipinski definition) is 1. The van der Waals surface area contributed by atoms with Crippen LogP contribution in [0.15, 0.2) is 34.0 Å². The Morgan fingerprint density at radius 2 is 2.25 bits per heavy atom. The minimum absolute atomic E-state index is 0.0183. The lowest BCUT2D eigenvalue weighted by molar-refractivity contribution is -0.119. The first-order chi connectivity index (χ1) is 9.56. The van der Waals surface area contributed by atoms with Gasteiger partial charge in [0.15, 0.2) is 4.34 Å². The number of thioether (sulfide) groups is 1. The van der Waals surface area contributed by atoms with E-state index in [1.807, 2.05) is 43.5 Å². The van der Waals surface area contributed by atoms with Crippen molar-refractivity contribution in [3.8, 4) is 0 Å². The average Bonchev–Trinajstić information content (AvgIpc) is 2.82. The molecule has 2 aromatic rings. The number of aryl methyl sites for hydroxylation is 1. The third-order valence-corrected chi connectivity index (χ3v) is 5.16. The van der Waals surface area contributed by atoms with Gasteiger partial charge in [-0.25, -0.2) is 4.98 Å². The van der Waals surface area contributed by atoms with Crippen LogP contribution >= 0.6 is 34.7 Å². The molecule has 106 valence electrons. The van der Waals surface area contributed by atoms with Crippen molar-refractivity contribution in [3.05, 3.63) is 45.9 Å². The number of nitrogens with zero attached hydrogens (tertiary/aromatic N) is 1. The van der Waals surface area contributed by atoms with Crippen LogP contribution in [0.5, 0.6) is 0 Å². The molecule has 1 amide bonds. The molecule has 2 rings (SSSR count). The number of nitrogens with one attached hydrogen (secondary N) is 1. The van der Waals surface area contributed by atoms with Gasteiger partial charge in [-0.1, -0.05) is 41.6 Å². The van der Waals surface area contributed by atoms with Gasteiger partial charge in [-0.15, -0.1) is 11.3 Å². The number of halogens is 1. The molecule has 1 N–H and O–H groups in total. The molecule has 0 aliphatic carbocycles. The predicted octanol–water partition coefficient (Wildman–Crippen LogP) is 4.07. The maximum absolute atomic E-state index is 11.9. The van der Waals surface area contributed by atoms with Crippen LogP contribution in [0, 0.1) is 6.92 Å². The van der Waals surface area contributed by atoms with E-state index in [0.717, 1.165) is 15.6 Å². The van der Waals surface area contributed by atoms with Gasteiger partial charge in [0.1, 0.15) is 0 Å². The van der Waals surface area contributed by atoms with Crippen molar-refractivity contribution < 1.29 is 4.79 Å². The number of carbonyl (C=O) groups is 1. The smallest absolute Gasteiger partial charge is 0.230 e. The van der Waals surface area contributed by atoms with Gasteiger partial charge < -0.3 is 5.32 Å². The van der Waals surface area contributed by atoms with Crippen LogP contribution in [0.3, 0.4) is 0 Å². The first kappa shape index (κ1) is 15.4. The summed E-state index contributed by atoms with van der Waals surface area (Å²) < 4.78 is 0.919. The fourth-order valence-corrected chi connectivity index (χ4v) is 3.67. The van der Waals surface area contributed by atoms with E-state index in [9.17, 15) is 4.79 Å². The van der Waals surface area contributed by atoms with Gasteiger partial charge in [-0.05, 0) is 25.5 Å². The summed E-state index contributed by atoms with van der Waals surface area (Å²) in [4.78, 5) is 16.2. The third-order valence-electron chi connectivity index (χ3n) is 2.67. The summed E-state index contributed by atoms with van der Waals surface area (Å²) in [6.07, 6.45) is 0. The molecule has 0 spiro atoms. The van der Waals surface area contributed by atoms with Crippen molar-refractivity contribution in [1.82, 2.24) is 10.3 Å². The summed E-state index contributed by atoms with van der Waals surface area (Å²) in [6.45, 7) is 3.87. The molecule has 0 aliphatic heterocycles. The molecule has 0 aliphatic rings. The molecule has 0 fully saturated rings. The van der Waals surface area contributed by atoms with E-state index in [2.05, 4.69) is 10.3 Å². The predicted molar refractivity (Wildman–Crippen MR) is 85.6 cm³/mol. The Bertz CT molecular complexity index is 600. The summed E-state index contributed by atoms with van der Waals surface area (Å²) in [6, 6.07) is 7.43. The Labute approximate surface area is 131 Å². The molecule has 0 bridgehead atoms. The van der Waals surface area contributed by atoms with E-state index in [4.69, 9.17) is 11.6 Å². The highest BCUT2D eigenvalue weighted by atomic mass is 35.5. The second-order valence-corrected chi connectivity index (χ2v) is 6.84. The van der Waals surface area contributed by atoms with Crippen molar-refractivity contribution in [2.24, 2.45) is 0 Å². The maximum Gasteiger partial charge on any atom is 0.230 e. The topological polar surface area (TPSA) is 42.0 Å². The van der Waals surface area contributed by atoms with Crippen LogP contribution in [0.25, 0.3) is 0 Å². The number of hydrogen-bond acceptors (Lipinski definition) is 4. The summed E-state index contributed by atoms with van der Waals surface area (Å²) in [7, 11) is 0. The number of carbonyl (C=O) groups excluding carboxylic acids is 1. The molecule has 20 heavy (non-hydrogen) atoms. The van der Waals surface area contributed by atoms with Gasteiger partial charge in [0.25, 0.3) is 0 Å². The van der Waals surface area contributed by atoms with Crippen molar-refractivity contribution >= 4 is 40.6 Å². The zero-order valence-corrected chi connectivity index (χ0v) is 13.6. The van der Waals surface area contributed by atoms with Crippen LogP contribution in [-0.4, -0.2) is 16.6 Å². The Hall–Kier alpha value is -1.04. The molecule has 0 saturated carbocycles. The fourth-order valence-electron chi connectivity index (χ4n) is 1.71. The standard InChI is InChI=1S/C14H15ClN2OS2/c1-9-7-19-14(16-9)20-8-13(18)17-10(2)11-5-3-4-6-12(11)15/h3-7,10H,8H2,1-2H3,(H,17,18). The Kier molecular flexibility index (Phi) is 5.46. The number of thiazole rings is 1. The Morgan fingerprint density at radius 3 is 2.90 bits per heavy atom. The molecular formula is C14H15ClN2OS2. The molecule has 1 unspecified atom stereocenters. The SMILES string of the molecule is Cc1csc(SCC(=O)NC(C)c2ccccc2Cl)n1. The average molecular weight is 327 g/mol. The molecule has 3 nitrogen and oxygen atoms in total. The van der Waals surface area contributed by atoms with Gasteiger partial charge in [-0.3, -0.25) is 4.79 Å². The third kappa shape index (κ3) is 4.23. The lowest BCUT2D eigenvalue weighted by Crippen LogP contribution is -2.28. The quantitative estimate of drug-likeness (QED) is 0.842. The molecular weight excluding hydrogens is 312 g/mol. The number of amides is 1. The van der Waals surface area contributed by atoms with E-state index in [1.165, 1.54) is 11.8 Å². The second kappa shape index (κ2) is 7.11. The summed E-state index contributed by atoms with van der Waals surface area (Å²) in [5.41, 5.74) is 1.92. The summed E-state index contributed by atoms with van der Waals surface area (Å²) >= 11 is 9.13. The number of aromatic nitrogens is 1. The first-order valence-electron chi connectivity index (χ1n) is 6.15. The van der Waals surface area contributed by atoms with Crippen molar-refractivity contribution in [2.75, 3.05) is 5.75 Å². The zero-order chi connectivity index (χ0) is 14.5. The molecule has 1 aromatic heterocycles. The number of benzene rings is 1. The van der Waals surface area contributed by atoms with E-state index in [1.54, 1.807) is 11.3 Å². The lowest BCUT2D eigenvalue weighted by atomic mass is 10.1. The van der Waals surface area contributed by atoms with Crippen LogP contribution in [0.2, 0.25) is 5.02 Å². The minimum Gasteiger partial charge on any atom is -0.349 e. The van der Waals surface area contributed by atoms with Gasteiger partial charge >= 0.3 is 0 Å². The van der Waals surface area contributed by atoms with Crippen molar-refractivity contribution in [2.45, 2.75) is 24.2 Å². The Morgan fingerprint density at radius 1 is 1.50 bits per heavy atom. The van der Waals surface area contributed by atoms with Gasteiger partial charge in [-0.2, -0.15) is 0 Å². The largest absolute Gasteiger partial charge is 0.349 e. The molecule has 1 aromatic carbocycles. The maximum atomic E-state index is 11.9. The molecule has 6 heteroatoms. The fraction of sp³-hybridized carbons (Fsp3) is 0.286. The van der Waals surface area contributed by atoms with Crippen molar-refractivity contribution in [1.29, 1.82) is 0 Å². The van der Waals surface area contributed by atoms with E-state index in [-0.39, 0.29) is 11.9 Å². The highest BCUT2D eigenvalue weighted by Gasteiger charge is 2.12. The van der Waals surface area contributed by atoms with Crippen LogP contribution in [0.1, 0.15) is 24.2 Å². The van der Waals surface area contributed by atoms with Gasteiger partial charge in [0.2, 0.25) is 5.91 Å². The molecule has 0 saturated heterocycles. The van der Waals surface area contributed by atoms with Crippen LogP contribution < -0.4 is 5.32 Å². The Balaban J connectivity index is 1.87. The number of rotatable bonds is 5. The van der Waals surface area contributed by atoms with E-state index in [0.29, 0.717) is 10.8 Å². The van der Waals surface area contributed by atoms with E-state index >= 15 is 0 Å². The van der Waals surface area contributed by atoms with E-state index < -0.39 is 0 Å². The molecule has 0 radical (unpaired) electrons. The first-order valence-corrected chi connectivity index (χ1v) is 8.39. The van der Waals surface area contributed by atoms with Crippen LogP contribution in [0.4, 0.5) is 0 Å². The summed E-state index contributed by atoms with van der Waals surface area (Å²) in [5.74, 6) is 0.345. The van der Waals surface area contributed by atoms with Gasteiger partial charge in [0, 0.05) is 16.1 Å². The lowest BCUT2D eigenvalue weighted by Gasteiger charge is -2.15. The monoisotopic (exact) mass is 326 g/mol. The van der Waals surface area contributed by atoms with Crippen LogP contribution in [-0.2, 0) is 4.79 Å². The summed E-state index contributed by atoms with van der Waals surface area (Å²) in [5, 5.41) is 5.60. The highest BCUT2D eigenvalue weighted by molar-refractivity contribution is 8.01. The highest BCUT2D eigenvalue weighted by Crippen LogP contribution is 2.24. The van der Waals surface area contributed by atoms with Crippen molar-refractivity contribution in [3.63, 3.8) is 0 Å². The molecule has 1 atom stereocenters.